The normalized spacial score (nSPS) is 11.7. The van der Waals surface area contributed by atoms with Crippen molar-refractivity contribution < 1.29 is 9.59 Å². The van der Waals surface area contributed by atoms with E-state index >= 15 is 0 Å². The molecule has 0 aliphatic rings. The van der Waals surface area contributed by atoms with Gasteiger partial charge in [0.15, 0.2) is 5.78 Å². The number of hydrogen-bond donors (Lipinski definition) is 1. The van der Waals surface area contributed by atoms with Crippen LogP contribution in [0.3, 0.4) is 0 Å². The van der Waals surface area contributed by atoms with E-state index in [4.69, 9.17) is 0 Å². The van der Waals surface area contributed by atoms with E-state index < -0.39 is 0 Å². The van der Waals surface area contributed by atoms with E-state index in [1.165, 1.54) is 12.5 Å². The first-order valence-electron chi connectivity index (χ1n) is 7.13. The molecule has 4 heteroatoms. The van der Waals surface area contributed by atoms with Crippen molar-refractivity contribution in [2.75, 3.05) is 5.32 Å². The van der Waals surface area contributed by atoms with E-state index in [9.17, 15) is 9.59 Å². The van der Waals surface area contributed by atoms with Crippen LogP contribution in [0, 0.1) is 0 Å². The summed E-state index contributed by atoms with van der Waals surface area (Å²) in [5.74, 6) is 0.729. The van der Waals surface area contributed by atoms with Crippen molar-refractivity contribution in [3.05, 3.63) is 65.7 Å². The minimum atomic E-state index is -0.166. The lowest BCUT2D eigenvalue weighted by molar-refractivity contribution is -0.115. The van der Waals surface area contributed by atoms with Gasteiger partial charge in [0.1, 0.15) is 0 Å². The molecule has 0 radical (unpaired) electrons. The predicted octanol–water partition coefficient (Wildman–Crippen LogP) is 4.15. The summed E-state index contributed by atoms with van der Waals surface area (Å²) in [6, 6.07) is 17.1. The van der Waals surface area contributed by atoms with Gasteiger partial charge in [0.2, 0.25) is 5.91 Å². The van der Waals surface area contributed by atoms with Crippen molar-refractivity contribution >= 4 is 29.1 Å². The van der Waals surface area contributed by atoms with Crippen molar-refractivity contribution in [2.45, 2.75) is 24.9 Å². The maximum Gasteiger partial charge on any atom is 0.237 e. The first-order chi connectivity index (χ1) is 10.6. The number of thioether (sulfide) groups is 1. The molecule has 1 amide bonds. The second-order valence-electron chi connectivity index (χ2n) is 5.07. The van der Waals surface area contributed by atoms with E-state index in [-0.39, 0.29) is 16.9 Å². The highest BCUT2D eigenvalue weighted by Crippen LogP contribution is 2.19. The van der Waals surface area contributed by atoms with Crippen LogP contribution in [0.25, 0.3) is 0 Å². The third-order valence-electron chi connectivity index (χ3n) is 3.25. The maximum atomic E-state index is 12.2. The summed E-state index contributed by atoms with van der Waals surface area (Å²) >= 11 is 1.59. The number of hydrogen-bond acceptors (Lipinski definition) is 3. The zero-order valence-electron chi connectivity index (χ0n) is 12.7. The molecule has 114 valence electrons. The Morgan fingerprint density at radius 3 is 2.50 bits per heavy atom. The lowest BCUT2D eigenvalue weighted by Gasteiger charge is -2.12. The van der Waals surface area contributed by atoms with Gasteiger partial charge in [-0.3, -0.25) is 9.59 Å². The third kappa shape index (κ3) is 4.74. The Bertz CT molecular complexity index is 655. The molecule has 2 rings (SSSR count). The standard InChI is InChI=1S/C18H19NO2S/c1-13(20)16-9-6-10-17(11-16)19-18(21)14(2)22-12-15-7-4-3-5-8-15/h3-11,14H,12H2,1-2H3,(H,19,21)/t14-/m1/s1. The van der Waals surface area contributed by atoms with Crippen LogP contribution >= 0.6 is 11.8 Å². The Kier molecular flexibility index (Phi) is 5.78. The van der Waals surface area contributed by atoms with Gasteiger partial charge in [-0.05, 0) is 31.5 Å². The highest BCUT2D eigenvalue weighted by atomic mass is 32.2. The Morgan fingerprint density at radius 2 is 1.82 bits per heavy atom. The van der Waals surface area contributed by atoms with Gasteiger partial charge in [-0.15, -0.1) is 11.8 Å². The molecule has 0 aliphatic heterocycles. The first-order valence-corrected chi connectivity index (χ1v) is 8.18. The lowest BCUT2D eigenvalue weighted by atomic mass is 10.1. The number of amides is 1. The second kappa shape index (κ2) is 7.80. The van der Waals surface area contributed by atoms with Crippen LogP contribution in [0.4, 0.5) is 5.69 Å². The molecule has 22 heavy (non-hydrogen) atoms. The second-order valence-corrected chi connectivity index (χ2v) is 6.39. The molecule has 0 spiro atoms. The van der Waals surface area contributed by atoms with E-state index in [1.807, 2.05) is 37.3 Å². The number of carbonyl (C=O) groups is 2. The average Bonchev–Trinajstić information content (AvgIpc) is 2.53. The van der Waals surface area contributed by atoms with Gasteiger partial charge < -0.3 is 5.32 Å². The minimum absolute atomic E-state index is 0.0115. The van der Waals surface area contributed by atoms with Crippen molar-refractivity contribution in [2.24, 2.45) is 0 Å². The van der Waals surface area contributed by atoms with E-state index in [0.717, 1.165) is 5.75 Å². The van der Waals surface area contributed by atoms with Gasteiger partial charge in [0.25, 0.3) is 0 Å². The SMILES string of the molecule is CC(=O)c1cccc(NC(=O)[C@@H](C)SCc2ccccc2)c1. The van der Waals surface area contributed by atoms with Crippen LogP contribution in [0.2, 0.25) is 0 Å². The number of carbonyl (C=O) groups excluding carboxylic acids is 2. The number of rotatable bonds is 6. The summed E-state index contributed by atoms with van der Waals surface area (Å²) in [6.07, 6.45) is 0. The molecule has 0 bridgehead atoms. The Labute approximate surface area is 135 Å². The highest BCUT2D eigenvalue weighted by Gasteiger charge is 2.14. The molecule has 0 aromatic heterocycles. The molecule has 0 heterocycles. The largest absolute Gasteiger partial charge is 0.325 e. The maximum absolute atomic E-state index is 12.2. The van der Waals surface area contributed by atoms with E-state index in [0.29, 0.717) is 11.3 Å². The van der Waals surface area contributed by atoms with Crippen molar-refractivity contribution in [1.82, 2.24) is 0 Å². The number of anilines is 1. The predicted molar refractivity (Wildman–Crippen MR) is 92.3 cm³/mol. The summed E-state index contributed by atoms with van der Waals surface area (Å²) in [5.41, 5.74) is 2.46. The number of nitrogens with one attached hydrogen (secondary N) is 1. The monoisotopic (exact) mass is 313 g/mol. The zero-order chi connectivity index (χ0) is 15.9. The number of benzene rings is 2. The van der Waals surface area contributed by atoms with Gasteiger partial charge in [-0.2, -0.15) is 0 Å². The van der Waals surface area contributed by atoms with Crippen LogP contribution in [-0.4, -0.2) is 16.9 Å². The highest BCUT2D eigenvalue weighted by molar-refractivity contribution is 7.99. The minimum Gasteiger partial charge on any atom is -0.325 e. The quantitative estimate of drug-likeness (QED) is 0.815. The van der Waals surface area contributed by atoms with Gasteiger partial charge >= 0.3 is 0 Å². The molecule has 1 N–H and O–H groups in total. The summed E-state index contributed by atoms with van der Waals surface area (Å²) < 4.78 is 0. The number of Topliss-reactive ketones (excluding diaryl/α,β-unsaturated/α-hetero) is 1. The van der Waals surface area contributed by atoms with Crippen LogP contribution in [0.5, 0.6) is 0 Å². The van der Waals surface area contributed by atoms with Crippen LogP contribution in [-0.2, 0) is 10.5 Å². The third-order valence-corrected chi connectivity index (χ3v) is 4.46. The Hall–Kier alpha value is -2.07. The molecular formula is C18H19NO2S. The summed E-state index contributed by atoms with van der Waals surface area (Å²) in [5, 5.41) is 2.70. The van der Waals surface area contributed by atoms with E-state index in [2.05, 4.69) is 5.32 Å². The number of ketones is 1. The fraction of sp³-hybridized carbons (Fsp3) is 0.222. The zero-order valence-corrected chi connectivity index (χ0v) is 13.5. The molecule has 1 atom stereocenters. The first kappa shape index (κ1) is 16.3. The molecule has 0 fully saturated rings. The van der Waals surface area contributed by atoms with Gasteiger partial charge in [0, 0.05) is 17.0 Å². The van der Waals surface area contributed by atoms with Crippen LogP contribution in [0.15, 0.2) is 54.6 Å². The van der Waals surface area contributed by atoms with Crippen LogP contribution < -0.4 is 5.32 Å². The fourth-order valence-corrected chi connectivity index (χ4v) is 2.78. The topological polar surface area (TPSA) is 46.2 Å². The summed E-state index contributed by atoms with van der Waals surface area (Å²) in [6.45, 7) is 3.40. The Balaban J connectivity index is 1.91. The molecule has 3 nitrogen and oxygen atoms in total. The molecule has 0 aliphatic carbocycles. The van der Waals surface area contributed by atoms with Crippen LogP contribution in [0.1, 0.15) is 29.8 Å². The van der Waals surface area contributed by atoms with Crippen molar-refractivity contribution in [3.8, 4) is 0 Å². The summed E-state index contributed by atoms with van der Waals surface area (Å²) in [4.78, 5) is 23.6. The molecule has 0 saturated heterocycles. The lowest BCUT2D eigenvalue weighted by Crippen LogP contribution is -2.22. The Morgan fingerprint density at radius 1 is 1.09 bits per heavy atom. The van der Waals surface area contributed by atoms with Gasteiger partial charge in [-0.1, -0.05) is 42.5 Å². The average molecular weight is 313 g/mol. The van der Waals surface area contributed by atoms with Gasteiger partial charge in [-0.25, -0.2) is 0 Å². The molecule has 0 saturated carbocycles. The van der Waals surface area contributed by atoms with Crippen molar-refractivity contribution in [1.29, 1.82) is 0 Å². The fourth-order valence-electron chi connectivity index (χ4n) is 1.93. The summed E-state index contributed by atoms with van der Waals surface area (Å²) in [7, 11) is 0. The van der Waals surface area contributed by atoms with Crippen molar-refractivity contribution in [3.63, 3.8) is 0 Å². The molecule has 0 unspecified atom stereocenters. The molecule has 2 aromatic carbocycles. The smallest absolute Gasteiger partial charge is 0.237 e. The van der Waals surface area contributed by atoms with Gasteiger partial charge in [0.05, 0.1) is 5.25 Å². The molecular weight excluding hydrogens is 294 g/mol. The molecule has 2 aromatic rings. The van der Waals surface area contributed by atoms with E-state index in [1.54, 1.807) is 36.0 Å².